The highest BCUT2D eigenvalue weighted by atomic mass is 15.1. The third-order valence-electron chi connectivity index (χ3n) is 8.13. The molecule has 1 fully saturated rings. The van der Waals surface area contributed by atoms with Gasteiger partial charge in [0.25, 0.3) is 0 Å². The number of hydrogen-bond donors (Lipinski definition) is 1. The van der Waals surface area contributed by atoms with Crippen molar-refractivity contribution in [2.75, 3.05) is 13.6 Å². The van der Waals surface area contributed by atoms with E-state index in [1.807, 2.05) is 6.20 Å². The smallest absolute Gasteiger partial charge is 0.0169 e. The molecule has 0 bridgehead atoms. The van der Waals surface area contributed by atoms with E-state index in [4.69, 9.17) is 5.73 Å². The van der Waals surface area contributed by atoms with E-state index in [9.17, 15) is 0 Å². The zero-order valence-electron chi connectivity index (χ0n) is 28.9. The maximum atomic E-state index is 5.75. The summed E-state index contributed by atoms with van der Waals surface area (Å²) in [6.07, 6.45) is 32.1. The third kappa shape index (κ3) is 18.3. The Morgan fingerprint density at radius 2 is 1.33 bits per heavy atom. The number of nitrogens with two attached hydrogens (primary N) is 1. The first-order valence-corrected chi connectivity index (χ1v) is 17.7. The lowest BCUT2D eigenvalue weighted by molar-refractivity contribution is 0.433. The topological polar surface area (TPSA) is 29.3 Å². The Morgan fingerprint density at radius 1 is 0.778 bits per heavy atom. The average Bonchev–Trinajstić information content (AvgIpc) is 3.95. The SMILES string of the molecule is C#CC.C1CC1.C=CN(C)CCCCCc1ccc2c(c1)=CCCC=2.CC(N)CCCCCCCc1ccc2ccccc2c1. The number of aryl methyl sites for hydroxylation is 2. The Bertz CT molecular complexity index is 1370. The Balaban J connectivity index is 0.000000265. The van der Waals surface area contributed by atoms with Crippen LogP contribution in [0, 0.1) is 12.3 Å². The Kier molecular flexibility index (Phi) is 20.2. The van der Waals surface area contributed by atoms with Crippen LogP contribution in [-0.2, 0) is 12.8 Å². The maximum absolute atomic E-state index is 5.75. The zero-order chi connectivity index (χ0) is 32.5. The van der Waals surface area contributed by atoms with Crippen LogP contribution in [0.25, 0.3) is 22.9 Å². The predicted octanol–water partition coefficient (Wildman–Crippen LogP) is 9.71. The average molecular weight is 607 g/mol. The molecule has 45 heavy (non-hydrogen) atoms. The van der Waals surface area contributed by atoms with Crippen LogP contribution in [0.15, 0.2) is 73.4 Å². The molecule has 2 aliphatic rings. The number of rotatable bonds is 15. The van der Waals surface area contributed by atoms with Crippen LogP contribution in [-0.4, -0.2) is 24.5 Å². The van der Waals surface area contributed by atoms with Gasteiger partial charge in [0.15, 0.2) is 0 Å². The molecule has 2 heteroatoms. The first-order valence-electron chi connectivity index (χ1n) is 17.7. The highest BCUT2D eigenvalue weighted by molar-refractivity contribution is 5.82. The van der Waals surface area contributed by atoms with E-state index in [1.165, 1.54) is 135 Å². The Labute approximate surface area is 276 Å². The maximum Gasteiger partial charge on any atom is 0.0169 e. The summed E-state index contributed by atoms with van der Waals surface area (Å²) in [6, 6.07) is 22.8. The van der Waals surface area contributed by atoms with E-state index in [-0.39, 0.29) is 0 Å². The van der Waals surface area contributed by atoms with Gasteiger partial charge in [-0.1, -0.05) is 131 Å². The molecule has 0 heterocycles. The van der Waals surface area contributed by atoms with E-state index in [0.717, 1.165) is 6.54 Å². The van der Waals surface area contributed by atoms with E-state index in [1.54, 1.807) is 6.92 Å². The molecular formula is C43H62N2. The fourth-order valence-corrected chi connectivity index (χ4v) is 5.30. The first-order chi connectivity index (χ1) is 22.0. The summed E-state index contributed by atoms with van der Waals surface area (Å²) in [7, 11) is 2.09. The van der Waals surface area contributed by atoms with Gasteiger partial charge in [0.05, 0.1) is 0 Å². The molecule has 2 N–H and O–H groups in total. The number of unbranched alkanes of at least 4 members (excludes halogenated alkanes) is 6. The molecule has 1 atom stereocenters. The van der Waals surface area contributed by atoms with Gasteiger partial charge in [0.2, 0.25) is 0 Å². The summed E-state index contributed by atoms with van der Waals surface area (Å²) in [5, 5.41) is 5.56. The van der Waals surface area contributed by atoms with Crippen molar-refractivity contribution in [3.8, 4) is 12.3 Å². The van der Waals surface area contributed by atoms with Crippen molar-refractivity contribution in [1.82, 2.24) is 4.90 Å². The van der Waals surface area contributed by atoms with Crippen LogP contribution < -0.4 is 16.2 Å². The van der Waals surface area contributed by atoms with Crippen molar-refractivity contribution >= 4 is 22.9 Å². The molecule has 5 rings (SSSR count). The second-order valence-electron chi connectivity index (χ2n) is 12.7. The summed E-state index contributed by atoms with van der Waals surface area (Å²) < 4.78 is 0. The van der Waals surface area contributed by atoms with Crippen LogP contribution >= 0.6 is 0 Å². The van der Waals surface area contributed by atoms with Gasteiger partial charge in [-0.15, -0.1) is 12.3 Å². The van der Waals surface area contributed by atoms with E-state index in [0.29, 0.717) is 6.04 Å². The van der Waals surface area contributed by atoms with Gasteiger partial charge in [-0.2, -0.15) is 0 Å². The Morgan fingerprint density at radius 3 is 1.98 bits per heavy atom. The van der Waals surface area contributed by atoms with Gasteiger partial charge < -0.3 is 10.6 Å². The lowest BCUT2D eigenvalue weighted by Crippen LogP contribution is -2.26. The number of nitrogens with zero attached hydrogens (tertiary/aromatic N) is 1. The van der Waals surface area contributed by atoms with Crippen LogP contribution in [0.1, 0.15) is 115 Å². The quantitative estimate of drug-likeness (QED) is 0.138. The Hall–Kier alpha value is -3.28. The monoisotopic (exact) mass is 606 g/mol. The highest BCUT2D eigenvalue weighted by Crippen LogP contribution is 2.18. The number of fused-ring (bicyclic) bond motifs is 2. The molecule has 244 valence electrons. The molecule has 1 saturated carbocycles. The van der Waals surface area contributed by atoms with Crippen molar-refractivity contribution < 1.29 is 0 Å². The van der Waals surface area contributed by atoms with Crippen molar-refractivity contribution in [3.05, 3.63) is 95.0 Å². The number of hydrogen-bond acceptors (Lipinski definition) is 2. The largest absolute Gasteiger partial charge is 0.381 e. The van der Waals surface area contributed by atoms with Crippen LogP contribution in [0.2, 0.25) is 0 Å². The lowest BCUT2D eigenvalue weighted by atomic mass is 10.0. The third-order valence-corrected chi connectivity index (χ3v) is 8.13. The van der Waals surface area contributed by atoms with Crippen LogP contribution in [0.5, 0.6) is 0 Å². The van der Waals surface area contributed by atoms with Gasteiger partial charge in [0, 0.05) is 19.6 Å². The molecule has 3 aromatic carbocycles. The minimum absolute atomic E-state index is 0.368. The fraction of sp³-hybridized carbons (Fsp3) is 0.488. The molecule has 2 nitrogen and oxygen atoms in total. The van der Waals surface area contributed by atoms with Crippen molar-refractivity contribution in [3.63, 3.8) is 0 Å². The standard InChI is InChI=1S/C19H27N.C18H25N.C3H6.C3H4/c1-16(20)9-5-3-2-4-6-10-17-13-14-18-11-7-8-12-19(18)15-17;1-3-19(2)14-8-4-5-9-16-12-13-17-10-6-7-11-18(17)15-16;1-2-3-1;1-3-2/h7-8,11-16H,2-6,9-10,20H2,1H3;3,10-13,15H,1,4-9,14H2,2H3;1-3H2;1H,2H3. The molecule has 0 amide bonds. The summed E-state index contributed by atoms with van der Waals surface area (Å²) in [6.45, 7) is 8.64. The number of terminal acetylenes is 1. The van der Waals surface area contributed by atoms with Crippen molar-refractivity contribution in [2.45, 2.75) is 123 Å². The minimum Gasteiger partial charge on any atom is -0.381 e. The van der Waals surface area contributed by atoms with E-state index >= 15 is 0 Å². The summed E-state index contributed by atoms with van der Waals surface area (Å²) in [5.41, 5.74) is 8.71. The molecule has 0 spiro atoms. The van der Waals surface area contributed by atoms with Gasteiger partial charge in [-0.25, -0.2) is 0 Å². The molecule has 0 saturated heterocycles. The highest BCUT2D eigenvalue weighted by Gasteiger charge is 2.00. The molecule has 2 aliphatic carbocycles. The van der Waals surface area contributed by atoms with E-state index < -0.39 is 0 Å². The predicted molar refractivity (Wildman–Crippen MR) is 202 cm³/mol. The summed E-state index contributed by atoms with van der Waals surface area (Å²) >= 11 is 0. The molecule has 0 radical (unpaired) electrons. The van der Waals surface area contributed by atoms with Crippen LogP contribution in [0.4, 0.5) is 0 Å². The summed E-state index contributed by atoms with van der Waals surface area (Å²) in [5.74, 6) is 2.25. The van der Waals surface area contributed by atoms with E-state index in [2.05, 4.69) is 111 Å². The normalized spacial score (nSPS) is 13.0. The first kappa shape index (κ1) is 37.9. The van der Waals surface area contributed by atoms with Crippen molar-refractivity contribution in [2.24, 2.45) is 5.73 Å². The molecule has 1 unspecified atom stereocenters. The minimum atomic E-state index is 0.368. The van der Waals surface area contributed by atoms with Gasteiger partial charge in [0.1, 0.15) is 0 Å². The second kappa shape index (κ2) is 24.0. The van der Waals surface area contributed by atoms with Gasteiger partial charge >= 0.3 is 0 Å². The molecule has 0 aromatic heterocycles. The molecule has 3 aromatic rings. The summed E-state index contributed by atoms with van der Waals surface area (Å²) in [4.78, 5) is 2.16. The zero-order valence-corrected chi connectivity index (χ0v) is 28.9. The number of benzene rings is 3. The molecular weight excluding hydrogens is 544 g/mol. The van der Waals surface area contributed by atoms with Gasteiger partial charge in [-0.3, -0.25) is 0 Å². The van der Waals surface area contributed by atoms with Gasteiger partial charge in [-0.05, 0) is 104 Å². The second-order valence-corrected chi connectivity index (χ2v) is 12.7. The fourth-order valence-electron chi connectivity index (χ4n) is 5.30. The van der Waals surface area contributed by atoms with Crippen LogP contribution in [0.3, 0.4) is 0 Å². The molecule has 0 aliphatic heterocycles. The lowest BCUT2D eigenvalue weighted by Gasteiger charge is -2.12. The van der Waals surface area contributed by atoms with Crippen molar-refractivity contribution in [1.29, 1.82) is 0 Å².